The maximum absolute atomic E-state index is 2.38. The molecule has 0 nitrogen and oxygen atoms in total. The van der Waals surface area contributed by atoms with E-state index < -0.39 is 0 Å². The van der Waals surface area contributed by atoms with E-state index in [4.69, 9.17) is 0 Å². The minimum absolute atomic E-state index is 0.242. The van der Waals surface area contributed by atoms with Crippen molar-refractivity contribution in [2.45, 2.75) is 31.8 Å². The van der Waals surface area contributed by atoms with Gasteiger partial charge in [-0.05, 0) is 70.0 Å². The lowest BCUT2D eigenvalue weighted by Crippen LogP contribution is -2.32. The number of benzene rings is 1. The molecule has 3 heteroatoms. The fourth-order valence-electron chi connectivity index (χ4n) is 2.03. The molecular formula is C15H21IS2. The highest BCUT2D eigenvalue weighted by Gasteiger charge is 2.37. The van der Waals surface area contributed by atoms with Crippen LogP contribution in [0.25, 0.3) is 0 Å². The van der Waals surface area contributed by atoms with Crippen LogP contribution in [0.5, 0.6) is 0 Å². The van der Waals surface area contributed by atoms with Crippen molar-refractivity contribution in [3.8, 4) is 0 Å². The van der Waals surface area contributed by atoms with Crippen LogP contribution >= 0.6 is 46.1 Å². The van der Waals surface area contributed by atoms with Crippen molar-refractivity contribution in [2.24, 2.45) is 11.3 Å². The Labute approximate surface area is 133 Å². The first kappa shape index (κ1) is 15.0. The number of hydrogen-bond donors (Lipinski definition) is 0. The Hall–Kier alpha value is 0.650. The smallest absolute Gasteiger partial charge is 0.0832 e. The fraction of sp³-hybridized carbons (Fsp3) is 0.600. The molecule has 1 fully saturated rings. The Morgan fingerprint density at radius 3 is 2.06 bits per heavy atom. The molecule has 0 aromatic heterocycles. The molecule has 0 N–H and O–H groups in total. The third-order valence-electron chi connectivity index (χ3n) is 3.71. The summed E-state index contributed by atoms with van der Waals surface area (Å²) in [7, 11) is 0. The molecule has 0 atom stereocenters. The zero-order chi connectivity index (χ0) is 13.4. The SMILES string of the molecule is CC1(c2ccc([125I])cc2)SCC(C(C)(C)C)CS1. The Kier molecular flexibility index (Phi) is 4.65. The van der Waals surface area contributed by atoms with Gasteiger partial charge in [0.05, 0.1) is 4.08 Å². The Bertz CT molecular complexity index is 397. The van der Waals surface area contributed by atoms with Crippen molar-refractivity contribution in [2.75, 3.05) is 11.5 Å². The molecule has 0 radical (unpaired) electrons. The maximum Gasteiger partial charge on any atom is 0.0832 e. The minimum atomic E-state index is 0.242. The topological polar surface area (TPSA) is 0 Å². The first-order valence-corrected chi connectivity index (χ1v) is 9.40. The predicted octanol–water partition coefficient (Wildman–Crippen LogP) is 5.61. The van der Waals surface area contributed by atoms with Crippen LogP contribution in [0.4, 0.5) is 0 Å². The summed E-state index contributed by atoms with van der Waals surface area (Å²) in [5.41, 5.74) is 1.90. The number of halogens is 1. The Morgan fingerprint density at radius 1 is 1.11 bits per heavy atom. The van der Waals surface area contributed by atoms with E-state index in [0.717, 1.165) is 5.92 Å². The van der Waals surface area contributed by atoms with Crippen LogP contribution in [0, 0.1) is 14.9 Å². The molecule has 1 aliphatic rings. The standard InChI is InChI=1S/C15H21IS2/c1-14(2,3)12-9-17-15(4,18-10-12)11-5-7-13(16)8-6-11/h5-8,12H,9-10H2,1-4H3/i16-2. The summed E-state index contributed by atoms with van der Waals surface area (Å²) in [5.74, 6) is 3.38. The van der Waals surface area contributed by atoms with Crippen LogP contribution in [-0.2, 0) is 4.08 Å². The van der Waals surface area contributed by atoms with Gasteiger partial charge in [-0.3, -0.25) is 0 Å². The first-order valence-electron chi connectivity index (χ1n) is 6.35. The van der Waals surface area contributed by atoms with E-state index >= 15 is 0 Å². The van der Waals surface area contributed by atoms with Crippen molar-refractivity contribution >= 4 is 46.1 Å². The van der Waals surface area contributed by atoms with Gasteiger partial charge in [0.1, 0.15) is 0 Å². The highest BCUT2D eigenvalue weighted by molar-refractivity contribution is 14.1. The quantitative estimate of drug-likeness (QED) is 0.572. The van der Waals surface area contributed by atoms with Crippen LogP contribution in [-0.4, -0.2) is 11.5 Å². The number of rotatable bonds is 1. The number of thioether (sulfide) groups is 2. The van der Waals surface area contributed by atoms with Gasteiger partial charge in [-0.1, -0.05) is 32.9 Å². The van der Waals surface area contributed by atoms with E-state index in [-0.39, 0.29) is 4.08 Å². The van der Waals surface area contributed by atoms with E-state index in [1.54, 1.807) is 0 Å². The fourth-order valence-corrected chi connectivity index (χ4v) is 6.16. The van der Waals surface area contributed by atoms with Gasteiger partial charge < -0.3 is 0 Å². The summed E-state index contributed by atoms with van der Waals surface area (Å²) in [5, 5.41) is 0. The van der Waals surface area contributed by atoms with Crippen LogP contribution in [0.2, 0.25) is 0 Å². The van der Waals surface area contributed by atoms with Crippen molar-refractivity contribution in [3.63, 3.8) is 0 Å². The molecule has 100 valence electrons. The van der Waals surface area contributed by atoms with Crippen molar-refractivity contribution in [3.05, 3.63) is 33.4 Å². The van der Waals surface area contributed by atoms with E-state index in [9.17, 15) is 0 Å². The zero-order valence-corrected chi connectivity index (χ0v) is 15.3. The van der Waals surface area contributed by atoms with Gasteiger partial charge in [0.2, 0.25) is 0 Å². The molecule has 0 aliphatic carbocycles. The second kappa shape index (κ2) is 5.57. The molecule has 1 heterocycles. The zero-order valence-electron chi connectivity index (χ0n) is 11.5. The molecule has 1 aromatic carbocycles. The lowest BCUT2D eigenvalue weighted by molar-refractivity contribution is 0.292. The largest absolute Gasteiger partial charge is 0.139 e. The molecule has 18 heavy (non-hydrogen) atoms. The second-order valence-corrected chi connectivity index (χ2v) is 10.5. The summed E-state index contributed by atoms with van der Waals surface area (Å²) in [4.78, 5) is 0. The molecule has 0 bridgehead atoms. The van der Waals surface area contributed by atoms with Crippen molar-refractivity contribution < 1.29 is 0 Å². The van der Waals surface area contributed by atoms with Crippen molar-refractivity contribution in [1.82, 2.24) is 0 Å². The van der Waals surface area contributed by atoms with E-state index in [0.29, 0.717) is 5.41 Å². The third kappa shape index (κ3) is 3.40. The molecule has 1 saturated heterocycles. The third-order valence-corrected chi connectivity index (χ3v) is 7.85. The first-order chi connectivity index (χ1) is 8.31. The monoisotopic (exact) mass is 390 g/mol. The molecule has 1 aliphatic heterocycles. The van der Waals surface area contributed by atoms with Crippen LogP contribution in [0.1, 0.15) is 33.3 Å². The Balaban J connectivity index is 2.10. The summed E-state index contributed by atoms with van der Waals surface area (Å²) < 4.78 is 1.56. The highest BCUT2D eigenvalue weighted by atomic mass is 125. The molecule has 2 rings (SSSR count). The van der Waals surface area contributed by atoms with E-state index in [1.807, 2.05) is 0 Å². The van der Waals surface area contributed by atoms with E-state index in [1.165, 1.54) is 20.6 Å². The van der Waals surface area contributed by atoms with Crippen LogP contribution < -0.4 is 0 Å². The van der Waals surface area contributed by atoms with Gasteiger partial charge >= 0.3 is 0 Å². The predicted molar refractivity (Wildman–Crippen MR) is 94.4 cm³/mol. The van der Waals surface area contributed by atoms with Gasteiger partial charge in [0, 0.05) is 3.57 Å². The van der Waals surface area contributed by atoms with Gasteiger partial charge in [-0.15, -0.1) is 23.5 Å². The second-order valence-electron chi connectivity index (χ2n) is 6.14. The normalized spacial score (nSPS) is 29.3. The molecule has 0 amide bonds. The lowest BCUT2D eigenvalue weighted by atomic mass is 9.83. The average molecular weight is 390 g/mol. The van der Waals surface area contributed by atoms with Crippen LogP contribution in [0.3, 0.4) is 0 Å². The molecule has 0 spiro atoms. The molecule has 0 unspecified atom stereocenters. The molecular weight excluding hydrogens is 369 g/mol. The summed E-state index contributed by atoms with van der Waals surface area (Å²) in [6.07, 6.45) is 0. The molecule has 1 aromatic rings. The Morgan fingerprint density at radius 2 is 1.61 bits per heavy atom. The van der Waals surface area contributed by atoms with Gasteiger partial charge in [0.15, 0.2) is 0 Å². The highest BCUT2D eigenvalue weighted by Crippen LogP contribution is 2.53. The number of hydrogen-bond acceptors (Lipinski definition) is 2. The summed E-state index contributed by atoms with van der Waals surface area (Å²) in [6, 6.07) is 9.02. The minimum Gasteiger partial charge on any atom is -0.139 e. The van der Waals surface area contributed by atoms with Gasteiger partial charge in [0.25, 0.3) is 0 Å². The van der Waals surface area contributed by atoms with E-state index in [2.05, 4.69) is 98.1 Å². The lowest BCUT2D eigenvalue weighted by Gasteiger charge is -2.41. The summed E-state index contributed by atoms with van der Waals surface area (Å²) in [6.45, 7) is 9.48. The van der Waals surface area contributed by atoms with Gasteiger partial charge in [-0.2, -0.15) is 0 Å². The molecule has 0 saturated carbocycles. The van der Waals surface area contributed by atoms with Gasteiger partial charge in [-0.25, -0.2) is 0 Å². The maximum atomic E-state index is 2.38. The van der Waals surface area contributed by atoms with Crippen molar-refractivity contribution in [1.29, 1.82) is 0 Å². The average Bonchev–Trinajstić information content (AvgIpc) is 2.29. The van der Waals surface area contributed by atoms with Crippen LogP contribution in [0.15, 0.2) is 24.3 Å². The summed E-state index contributed by atoms with van der Waals surface area (Å²) >= 11 is 6.61.